The van der Waals surface area contributed by atoms with E-state index in [0.29, 0.717) is 44.6 Å². The second kappa shape index (κ2) is 12.6. The predicted octanol–water partition coefficient (Wildman–Crippen LogP) is 3.47. The molecule has 2 atom stereocenters. The number of carbonyl (C=O) groups is 2. The average Bonchev–Trinajstić information content (AvgIpc) is 3.29. The van der Waals surface area contributed by atoms with Crippen molar-refractivity contribution >= 4 is 23.5 Å². The zero-order chi connectivity index (χ0) is 28.9. The monoisotopic (exact) mass is 550 g/mol. The van der Waals surface area contributed by atoms with Gasteiger partial charge in [0.2, 0.25) is 0 Å². The summed E-state index contributed by atoms with van der Waals surface area (Å²) in [4.78, 5) is 47.2. The van der Waals surface area contributed by atoms with Crippen LogP contribution in [0.5, 0.6) is 0 Å². The van der Waals surface area contributed by atoms with Crippen LogP contribution in [-0.4, -0.2) is 92.1 Å². The number of non-ortho nitro benzene ring substituents is 1. The number of aliphatic hydroxyl groups is 1. The molecular formula is C29H38N6O5. The molecule has 214 valence electrons. The number of benzene rings is 2. The Labute approximate surface area is 234 Å². The summed E-state index contributed by atoms with van der Waals surface area (Å²) < 4.78 is 0. The Morgan fingerprint density at radius 3 is 2.40 bits per heavy atom. The van der Waals surface area contributed by atoms with Gasteiger partial charge in [-0.1, -0.05) is 63.2 Å². The van der Waals surface area contributed by atoms with E-state index in [9.17, 15) is 24.8 Å². The average molecular weight is 551 g/mol. The first-order chi connectivity index (χ1) is 19.3. The first-order valence-electron chi connectivity index (χ1n) is 13.9. The minimum absolute atomic E-state index is 0.00820. The molecule has 0 spiro atoms. The largest absolute Gasteiger partial charge is 0.395 e. The number of imide groups is 1. The van der Waals surface area contributed by atoms with Crippen molar-refractivity contribution in [2.24, 2.45) is 4.99 Å². The van der Waals surface area contributed by atoms with Crippen LogP contribution in [0.25, 0.3) is 0 Å². The molecule has 1 saturated heterocycles. The highest BCUT2D eigenvalue weighted by atomic mass is 16.6. The number of nitro benzene ring substituents is 1. The normalized spacial score (nSPS) is 20.8. The zero-order valence-electron chi connectivity index (χ0n) is 23.4. The number of rotatable bonds is 13. The highest BCUT2D eigenvalue weighted by Crippen LogP contribution is 2.42. The summed E-state index contributed by atoms with van der Waals surface area (Å²) in [6, 6.07) is 15.0. The van der Waals surface area contributed by atoms with Gasteiger partial charge in [0.25, 0.3) is 11.6 Å². The molecule has 2 aromatic rings. The van der Waals surface area contributed by atoms with Crippen molar-refractivity contribution in [2.45, 2.75) is 58.2 Å². The Morgan fingerprint density at radius 1 is 1.05 bits per heavy atom. The number of aliphatic hydroxyl groups excluding tert-OH is 1. The van der Waals surface area contributed by atoms with Crippen LogP contribution < -0.4 is 0 Å². The lowest BCUT2D eigenvalue weighted by Crippen LogP contribution is -2.74. The quantitative estimate of drug-likeness (QED) is 0.299. The van der Waals surface area contributed by atoms with Crippen LogP contribution in [-0.2, 0) is 17.6 Å². The number of carbonyl (C=O) groups excluding carboxylic acids is 2. The Kier molecular flexibility index (Phi) is 9.16. The molecule has 1 N–H and O–H groups in total. The van der Waals surface area contributed by atoms with Crippen LogP contribution in [0.1, 0.15) is 44.7 Å². The Morgan fingerprint density at radius 2 is 1.77 bits per heavy atom. The third-order valence-electron chi connectivity index (χ3n) is 7.64. The number of hydrogen-bond acceptors (Lipinski definition) is 8. The van der Waals surface area contributed by atoms with Crippen LogP contribution in [0.15, 0.2) is 59.6 Å². The standard InChI is InChI=1S/C29H38N6O5/c1-4-16-32-27(37)26-29(5-2,33(28(32)38)17-15-23-13-10-14-24(20-23)35(39)40)30-25(21-22-11-8-7-9-12-22)34(26)31(6-3)18-19-36/h7-14,20,26,36H,4-6,15-19,21H2,1-3H3. The summed E-state index contributed by atoms with van der Waals surface area (Å²) in [6.45, 7) is 7.06. The summed E-state index contributed by atoms with van der Waals surface area (Å²) in [6.07, 6.45) is 1.83. The van der Waals surface area contributed by atoms with Crippen LogP contribution in [0.4, 0.5) is 10.5 Å². The molecule has 11 nitrogen and oxygen atoms in total. The number of hydrogen-bond donors (Lipinski definition) is 1. The molecule has 2 unspecified atom stereocenters. The van der Waals surface area contributed by atoms with Crippen LogP contribution in [0.3, 0.4) is 0 Å². The van der Waals surface area contributed by atoms with E-state index in [0.717, 1.165) is 11.1 Å². The van der Waals surface area contributed by atoms with Crippen molar-refractivity contribution < 1.29 is 19.6 Å². The minimum Gasteiger partial charge on any atom is -0.395 e. The molecule has 3 amide bonds. The van der Waals surface area contributed by atoms with E-state index in [2.05, 4.69) is 0 Å². The molecule has 0 radical (unpaired) electrons. The summed E-state index contributed by atoms with van der Waals surface area (Å²) in [5.41, 5.74) is 0.573. The van der Waals surface area contributed by atoms with Crippen molar-refractivity contribution in [1.82, 2.24) is 19.8 Å². The number of hydrazine groups is 1. The first kappa shape index (κ1) is 29.2. The molecule has 2 aromatic carbocycles. The van der Waals surface area contributed by atoms with Crippen LogP contribution >= 0.6 is 0 Å². The summed E-state index contributed by atoms with van der Waals surface area (Å²) >= 11 is 0. The van der Waals surface area contributed by atoms with E-state index in [4.69, 9.17) is 4.99 Å². The molecule has 40 heavy (non-hydrogen) atoms. The third-order valence-corrected chi connectivity index (χ3v) is 7.64. The van der Waals surface area contributed by atoms with Crippen LogP contribution in [0, 0.1) is 10.1 Å². The molecule has 2 heterocycles. The first-order valence-corrected chi connectivity index (χ1v) is 13.9. The number of nitro groups is 1. The van der Waals surface area contributed by atoms with Crippen molar-refractivity contribution in [3.8, 4) is 0 Å². The lowest BCUT2D eigenvalue weighted by molar-refractivity contribution is -0.384. The van der Waals surface area contributed by atoms with Crippen molar-refractivity contribution in [1.29, 1.82) is 0 Å². The maximum Gasteiger partial charge on any atom is 0.328 e. The van der Waals surface area contributed by atoms with Gasteiger partial charge in [0.15, 0.2) is 11.7 Å². The van der Waals surface area contributed by atoms with Gasteiger partial charge in [-0.25, -0.2) is 14.8 Å². The number of likely N-dealkylation sites (N-methyl/N-ethyl adjacent to an activating group) is 1. The zero-order valence-corrected chi connectivity index (χ0v) is 23.4. The van der Waals surface area contributed by atoms with Crippen LogP contribution in [0.2, 0.25) is 0 Å². The Balaban J connectivity index is 1.80. The molecule has 0 aromatic heterocycles. The summed E-state index contributed by atoms with van der Waals surface area (Å²) in [7, 11) is 0. The highest BCUT2D eigenvalue weighted by molar-refractivity contribution is 6.05. The number of amidine groups is 1. The van der Waals surface area contributed by atoms with Gasteiger partial charge in [0, 0.05) is 44.7 Å². The smallest absolute Gasteiger partial charge is 0.328 e. The number of fused-ring (bicyclic) bond motifs is 1. The maximum atomic E-state index is 14.1. The van der Waals surface area contributed by atoms with E-state index in [1.54, 1.807) is 17.0 Å². The third kappa shape index (κ3) is 5.44. The lowest BCUT2D eigenvalue weighted by atomic mass is 9.91. The molecule has 4 rings (SSSR count). The fraction of sp³-hybridized carbons (Fsp3) is 0.483. The summed E-state index contributed by atoms with van der Waals surface area (Å²) in [5.74, 6) is 0.358. The van der Waals surface area contributed by atoms with Crippen molar-refractivity contribution in [3.05, 3.63) is 75.8 Å². The minimum atomic E-state index is -1.16. The fourth-order valence-electron chi connectivity index (χ4n) is 5.75. The predicted molar refractivity (Wildman–Crippen MR) is 151 cm³/mol. The summed E-state index contributed by atoms with van der Waals surface area (Å²) in [5, 5.41) is 25.0. The SMILES string of the molecule is CCCN1C(=O)C2N(N(CC)CCO)C(Cc3ccccc3)=NC2(CC)N(CCc2cccc([N+](=O)[O-])c2)C1=O. The molecule has 11 heteroatoms. The van der Waals surface area contributed by atoms with E-state index in [1.807, 2.05) is 61.1 Å². The second-order valence-electron chi connectivity index (χ2n) is 10.0. The van der Waals surface area contributed by atoms with Gasteiger partial charge in [0.1, 0.15) is 5.84 Å². The van der Waals surface area contributed by atoms with Gasteiger partial charge in [-0.2, -0.15) is 0 Å². The number of aliphatic imine (C=N–C) groups is 1. The van der Waals surface area contributed by atoms with E-state index in [-0.39, 0.29) is 31.3 Å². The van der Waals surface area contributed by atoms with Gasteiger partial charge in [0.05, 0.1) is 11.5 Å². The number of nitrogens with zero attached hydrogens (tertiary/aromatic N) is 6. The van der Waals surface area contributed by atoms with E-state index < -0.39 is 22.7 Å². The Hall–Kier alpha value is -3.83. The molecule has 2 aliphatic rings. The lowest BCUT2D eigenvalue weighted by Gasteiger charge is -2.51. The fourth-order valence-corrected chi connectivity index (χ4v) is 5.75. The van der Waals surface area contributed by atoms with Gasteiger partial charge < -0.3 is 5.11 Å². The van der Waals surface area contributed by atoms with Gasteiger partial charge in [-0.3, -0.25) is 29.7 Å². The highest BCUT2D eigenvalue weighted by Gasteiger charge is 2.62. The number of amides is 3. The molecule has 1 fully saturated rings. The number of urea groups is 1. The van der Waals surface area contributed by atoms with Gasteiger partial charge >= 0.3 is 6.03 Å². The van der Waals surface area contributed by atoms with Crippen molar-refractivity contribution in [2.75, 3.05) is 32.8 Å². The second-order valence-corrected chi connectivity index (χ2v) is 10.0. The van der Waals surface area contributed by atoms with Crippen molar-refractivity contribution in [3.63, 3.8) is 0 Å². The topological polar surface area (TPSA) is 123 Å². The molecule has 2 aliphatic heterocycles. The molecular weight excluding hydrogens is 512 g/mol. The molecule has 0 saturated carbocycles. The molecule has 0 aliphatic carbocycles. The molecule has 0 bridgehead atoms. The van der Waals surface area contributed by atoms with E-state index >= 15 is 0 Å². The van der Waals surface area contributed by atoms with Gasteiger partial charge in [-0.15, -0.1) is 0 Å². The maximum absolute atomic E-state index is 14.1. The van der Waals surface area contributed by atoms with Gasteiger partial charge in [-0.05, 0) is 30.4 Å². The Bertz CT molecular complexity index is 1250. The van der Waals surface area contributed by atoms with E-state index in [1.165, 1.54) is 17.0 Å².